The Morgan fingerprint density at radius 2 is 1.89 bits per heavy atom. The van der Waals surface area contributed by atoms with Crippen LogP contribution in [-0.4, -0.2) is 38.4 Å². The van der Waals surface area contributed by atoms with Gasteiger partial charge < -0.3 is 9.47 Å². The third-order valence-corrected chi connectivity index (χ3v) is 5.21. The van der Waals surface area contributed by atoms with Gasteiger partial charge in [0.05, 0.1) is 0 Å². The minimum absolute atomic E-state index is 0.134. The number of rotatable bonds is 4. The van der Waals surface area contributed by atoms with Crippen LogP contribution in [0.1, 0.15) is 49.4 Å². The minimum atomic E-state index is 0.134. The second-order valence-corrected chi connectivity index (χ2v) is 7.22. The summed E-state index contributed by atoms with van der Waals surface area (Å²) < 4.78 is 2.16. The van der Waals surface area contributed by atoms with Gasteiger partial charge in [-0.15, -0.1) is 0 Å². The number of aryl methyl sites for hydroxylation is 1. The van der Waals surface area contributed by atoms with Crippen LogP contribution in [0.3, 0.4) is 0 Å². The van der Waals surface area contributed by atoms with Crippen molar-refractivity contribution < 1.29 is 4.79 Å². The van der Waals surface area contributed by atoms with E-state index in [9.17, 15) is 4.79 Å². The van der Waals surface area contributed by atoms with Gasteiger partial charge in [0, 0.05) is 37.0 Å². The average molecular weight is 362 g/mol. The van der Waals surface area contributed by atoms with Crippen LogP contribution >= 0.6 is 0 Å². The highest BCUT2D eigenvalue weighted by Crippen LogP contribution is 2.25. The zero-order valence-corrected chi connectivity index (χ0v) is 15.9. The van der Waals surface area contributed by atoms with Gasteiger partial charge in [-0.1, -0.05) is 31.9 Å². The maximum atomic E-state index is 13.0. The highest BCUT2D eigenvalue weighted by molar-refractivity contribution is 5.95. The van der Waals surface area contributed by atoms with E-state index < -0.39 is 0 Å². The molecular formula is C22H26N4O. The number of likely N-dealkylation sites (tertiary alicyclic amines) is 1. The first-order valence-electron chi connectivity index (χ1n) is 9.99. The summed E-state index contributed by atoms with van der Waals surface area (Å²) in [4.78, 5) is 24.3. The van der Waals surface area contributed by atoms with E-state index in [4.69, 9.17) is 4.98 Å². The number of carbonyl (C=O) groups is 1. The molecule has 3 heterocycles. The molecule has 0 bridgehead atoms. The van der Waals surface area contributed by atoms with Gasteiger partial charge in [-0.05, 0) is 43.5 Å². The Morgan fingerprint density at radius 1 is 1.07 bits per heavy atom. The zero-order chi connectivity index (χ0) is 18.6. The van der Waals surface area contributed by atoms with Crippen molar-refractivity contribution in [1.29, 1.82) is 0 Å². The molecular weight excluding hydrogens is 336 g/mol. The molecule has 0 saturated carbocycles. The van der Waals surface area contributed by atoms with Crippen molar-refractivity contribution in [3.05, 3.63) is 48.2 Å². The topological polar surface area (TPSA) is 51.0 Å². The molecule has 1 aromatic carbocycles. The van der Waals surface area contributed by atoms with Gasteiger partial charge >= 0.3 is 0 Å². The number of aromatic nitrogens is 3. The predicted octanol–water partition coefficient (Wildman–Crippen LogP) is 4.52. The smallest absolute Gasteiger partial charge is 0.253 e. The second-order valence-electron chi connectivity index (χ2n) is 7.22. The predicted molar refractivity (Wildman–Crippen MR) is 108 cm³/mol. The van der Waals surface area contributed by atoms with Gasteiger partial charge in [0.15, 0.2) is 5.65 Å². The lowest BCUT2D eigenvalue weighted by Gasteiger charge is -2.20. The van der Waals surface area contributed by atoms with Crippen LogP contribution in [0.5, 0.6) is 0 Å². The standard InChI is InChI=1S/C22H26N4O/c1-2-13-26-20(24-19-11-8-12-23-21(19)26)17-9-7-10-18(16-17)22(27)25-14-5-3-4-6-15-25/h7-12,16H,2-6,13-15H2,1H3. The van der Waals surface area contributed by atoms with E-state index in [2.05, 4.69) is 16.5 Å². The molecule has 4 rings (SSSR count). The molecule has 2 aromatic heterocycles. The molecule has 0 radical (unpaired) electrons. The van der Waals surface area contributed by atoms with Crippen LogP contribution in [0.2, 0.25) is 0 Å². The van der Waals surface area contributed by atoms with Crippen molar-refractivity contribution in [2.75, 3.05) is 13.1 Å². The maximum Gasteiger partial charge on any atom is 0.253 e. The van der Waals surface area contributed by atoms with Crippen molar-refractivity contribution in [2.45, 2.75) is 45.6 Å². The van der Waals surface area contributed by atoms with Crippen molar-refractivity contribution >= 4 is 17.1 Å². The van der Waals surface area contributed by atoms with Crippen molar-refractivity contribution in [1.82, 2.24) is 19.4 Å². The Labute approximate surface area is 160 Å². The summed E-state index contributed by atoms with van der Waals surface area (Å²) in [6.45, 7) is 4.73. The first-order valence-corrected chi connectivity index (χ1v) is 9.99. The number of nitrogens with zero attached hydrogens (tertiary/aromatic N) is 4. The molecule has 1 aliphatic rings. The van der Waals surface area contributed by atoms with E-state index in [0.29, 0.717) is 0 Å². The molecule has 0 unspecified atom stereocenters. The molecule has 0 atom stereocenters. The Bertz CT molecular complexity index is 938. The molecule has 1 aliphatic heterocycles. The van der Waals surface area contributed by atoms with Crippen molar-refractivity contribution in [3.8, 4) is 11.4 Å². The quantitative estimate of drug-likeness (QED) is 0.685. The van der Waals surface area contributed by atoms with E-state index in [0.717, 1.165) is 67.0 Å². The van der Waals surface area contributed by atoms with Crippen LogP contribution in [0.15, 0.2) is 42.6 Å². The van der Waals surface area contributed by atoms with E-state index in [-0.39, 0.29) is 5.91 Å². The second kappa shape index (κ2) is 7.91. The molecule has 0 spiro atoms. The van der Waals surface area contributed by atoms with Crippen LogP contribution < -0.4 is 0 Å². The summed E-state index contributed by atoms with van der Waals surface area (Å²) in [5.41, 5.74) is 3.52. The Kier molecular flexibility index (Phi) is 5.19. The number of fused-ring (bicyclic) bond motifs is 1. The minimum Gasteiger partial charge on any atom is -0.339 e. The summed E-state index contributed by atoms with van der Waals surface area (Å²) >= 11 is 0. The van der Waals surface area contributed by atoms with E-state index in [1.165, 1.54) is 12.8 Å². The molecule has 1 amide bonds. The fraction of sp³-hybridized carbons (Fsp3) is 0.409. The molecule has 0 aliphatic carbocycles. The number of hydrogen-bond donors (Lipinski definition) is 0. The highest BCUT2D eigenvalue weighted by Gasteiger charge is 2.19. The molecule has 5 nitrogen and oxygen atoms in total. The Morgan fingerprint density at radius 3 is 2.67 bits per heavy atom. The maximum absolute atomic E-state index is 13.0. The number of carbonyl (C=O) groups excluding carboxylic acids is 1. The third-order valence-electron chi connectivity index (χ3n) is 5.21. The monoisotopic (exact) mass is 362 g/mol. The third kappa shape index (κ3) is 3.59. The summed E-state index contributed by atoms with van der Waals surface area (Å²) in [6.07, 6.45) is 7.45. The van der Waals surface area contributed by atoms with Gasteiger partial charge in [-0.2, -0.15) is 0 Å². The summed E-state index contributed by atoms with van der Waals surface area (Å²) in [5.74, 6) is 1.02. The molecule has 1 saturated heterocycles. The van der Waals surface area contributed by atoms with Gasteiger partial charge in [0.2, 0.25) is 0 Å². The number of hydrogen-bond acceptors (Lipinski definition) is 3. The molecule has 140 valence electrons. The first kappa shape index (κ1) is 17.7. The largest absolute Gasteiger partial charge is 0.339 e. The molecule has 5 heteroatoms. The number of benzene rings is 1. The van der Waals surface area contributed by atoms with Crippen LogP contribution in [-0.2, 0) is 6.54 Å². The highest BCUT2D eigenvalue weighted by atomic mass is 16.2. The van der Waals surface area contributed by atoms with E-state index in [1.807, 2.05) is 41.3 Å². The Balaban J connectivity index is 1.71. The van der Waals surface area contributed by atoms with Gasteiger partial charge in [0.25, 0.3) is 5.91 Å². The summed E-state index contributed by atoms with van der Waals surface area (Å²) in [5, 5.41) is 0. The van der Waals surface area contributed by atoms with E-state index in [1.54, 1.807) is 6.20 Å². The lowest BCUT2D eigenvalue weighted by atomic mass is 10.1. The van der Waals surface area contributed by atoms with Crippen LogP contribution in [0, 0.1) is 0 Å². The van der Waals surface area contributed by atoms with Crippen molar-refractivity contribution in [2.24, 2.45) is 0 Å². The fourth-order valence-electron chi connectivity index (χ4n) is 3.86. The summed E-state index contributed by atoms with van der Waals surface area (Å²) in [7, 11) is 0. The lowest BCUT2D eigenvalue weighted by Crippen LogP contribution is -2.31. The average Bonchev–Trinajstić information content (AvgIpc) is 2.88. The lowest BCUT2D eigenvalue weighted by molar-refractivity contribution is 0.0761. The zero-order valence-electron chi connectivity index (χ0n) is 15.9. The van der Waals surface area contributed by atoms with Gasteiger partial charge in [-0.3, -0.25) is 4.79 Å². The fourth-order valence-corrected chi connectivity index (χ4v) is 3.86. The molecule has 3 aromatic rings. The summed E-state index contributed by atoms with van der Waals surface area (Å²) in [6, 6.07) is 11.8. The van der Waals surface area contributed by atoms with Crippen molar-refractivity contribution in [3.63, 3.8) is 0 Å². The van der Waals surface area contributed by atoms with Crippen LogP contribution in [0.4, 0.5) is 0 Å². The first-order chi connectivity index (χ1) is 13.3. The number of pyridine rings is 1. The molecule has 27 heavy (non-hydrogen) atoms. The van der Waals surface area contributed by atoms with Gasteiger partial charge in [-0.25, -0.2) is 9.97 Å². The van der Waals surface area contributed by atoms with E-state index >= 15 is 0 Å². The number of amides is 1. The normalized spacial score (nSPS) is 15.1. The van der Waals surface area contributed by atoms with Crippen LogP contribution in [0.25, 0.3) is 22.6 Å². The number of imidazole rings is 1. The molecule has 0 N–H and O–H groups in total. The Hall–Kier alpha value is -2.69. The molecule has 1 fully saturated rings. The van der Waals surface area contributed by atoms with Gasteiger partial charge in [0.1, 0.15) is 11.3 Å². The SMILES string of the molecule is CCCn1c(-c2cccc(C(=O)N3CCCCCC3)c2)nc2cccnc21.